The maximum atomic E-state index is 6.02. The second kappa shape index (κ2) is 6.69. The first-order chi connectivity index (χ1) is 8.68. The Balaban J connectivity index is 2.10. The predicted octanol–water partition coefficient (Wildman–Crippen LogP) is 3.91. The summed E-state index contributed by atoms with van der Waals surface area (Å²) < 4.78 is 7.18. The minimum atomic E-state index is 0.223. The fraction of sp³-hybridized carbons (Fsp3) is 0.600. The summed E-state index contributed by atoms with van der Waals surface area (Å²) >= 11 is 3.64. The summed E-state index contributed by atoms with van der Waals surface area (Å²) in [7, 11) is 0. The van der Waals surface area contributed by atoms with Crippen molar-refractivity contribution in [2.75, 3.05) is 13.2 Å². The summed E-state index contributed by atoms with van der Waals surface area (Å²) in [6.07, 6.45) is 2.64. The Kier molecular flexibility index (Phi) is 5.22. The number of nitrogens with one attached hydrogen (secondary N) is 1. The van der Waals surface area contributed by atoms with Crippen LogP contribution in [0.3, 0.4) is 0 Å². The van der Waals surface area contributed by atoms with Gasteiger partial charge in [-0.05, 0) is 24.5 Å². The van der Waals surface area contributed by atoms with E-state index in [1.54, 1.807) is 0 Å². The van der Waals surface area contributed by atoms with E-state index in [2.05, 4.69) is 59.4 Å². The standard InChI is InChI=1S/C15H22BrNO/c1-11(2)17-10-12-6-5-9-18-15(12)13-7-3-4-8-14(13)16/h3-4,7-8,11-12,15,17H,5-6,9-10H2,1-2H3. The third kappa shape index (κ3) is 3.56. The van der Waals surface area contributed by atoms with Crippen LogP contribution in [-0.2, 0) is 4.74 Å². The predicted molar refractivity (Wildman–Crippen MR) is 78.7 cm³/mol. The molecule has 1 aliphatic rings. The molecule has 18 heavy (non-hydrogen) atoms. The highest BCUT2D eigenvalue weighted by Gasteiger charge is 2.28. The molecule has 100 valence electrons. The van der Waals surface area contributed by atoms with Crippen LogP contribution in [-0.4, -0.2) is 19.2 Å². The van der Waals surface area contributed by atoms with Crippen molar-refractivity contribution in [3.05, 3.63) is 34.3 Å². The van der Waals surface area contributed by atoms with Gasteiger partial charge in [-0.3, -0.25) is 0 Å². The van der Waals surface area contributed by atoms with Gasteiger partial charge in [0.1, 0.15) is 0 Å². The summed E-state index contributed by atoms with van der Waals surface area (Å²) in [5, 5.41) is 3.54. The van der Waals surface area contributed by atoms with Crippen molar-refractivity contribution in [2.24, 2.45) is 5.92 Å². The third-order valence-corrected chi connectivity index (χ3v) is 4.17. The summed E-state index contributed by atoms with van der Waals surface area (Å²) in [6, 6.07) is 8.94. The molecule has 0 aliphatic carbocycles. The smallest absolute Gasteiger partial charge is 0.0876 e. The molecule has 2 nitrogen and oxygen atoms in total. The second-order valence-corrected chi connectivity index (χ2v) is 6.13. The third-order valence-electron chi connectivity index (χ3n) is 3.44. The van der Waals surface area contributed by atoms with Gasteiger partial charge in [0.2, 0.25) is 0 Å². The van der Waals surface area contributed by atoms with E-state index in [9.17, 15) is 0 Å². The zero-order chi connectivity index (χ0) is 13.0. The lowest BCUT2D eigenvalue weighted by atomic mass is 9.89. The van der Waals surface area contributed by atoms with Gasteiger partial charge in [0.25, 0.3) is 0 Å². The second-order valence-electron chi connectivity index (χ2n) is 5.28. The van der Waals surface area contributed by atoms with Gasteiger partial charge in [-0.2, -0.15) is 0 Å². The van der Waals surface area contributed by atoms with Crippen LogP contribution in [0, 0.1) is 5.92 Å². The van der Waals surface area contributed by atoms with Crippen molar-refractivity contribution >= 4 is 15.9 Å². The van der Waals surface area contributed by atoms with Gasteiger partial charge in [0.15, 0.2) is 0 Å². The van der Waals surface area contributed by atoms with Gasteiger partial charge in [-0.1, -0.05) is 48.0 Å². The normalized spacial score (nSPS) is 24.4. The first-order valence-electron chi connectivity index (χ1n) is 6.78. The van der Waals surface area contributed by atoms with E-state index in [1.807, 2.05) is 0 Å². The molecule has 0 amide bonds. The van der Waals surface area contributed by atoms with Gasteiger partial charge >= 0.3 is 0 Å². The molecular weight excluding hydrogens is 290 g/mol. The summed E-state index contributed by atoms with van der Waals surface area (Å²) in [6.45, 7) is 6.29. The molecule has 1 aromatic carbocycles. The molecule has 1 aromatic rings. The molecule has 1 N–H and O–H groups in total. The maximum Gasteiger partial charge on any atom is 0.0876 e. The van der Waals surface area contributed by atoms with E-state index >= 15 is 0 Å². The molecule has 0 radical (unpaired) electrons. The Bertz CT molecular complexity index is 381. The molecule has 2 unspecified atom stereocenters. The number of rotatable bonds is 4. The first kappa shape index (κ1) is 14.0. The number of benzene rings is 1. The van der Waals surface area contributed by atoms with Crippen LogP contribution >= 0.6 is 15.9 Å². The number of halogens is 1. The van der Waals surface area contributed by atoms with Crippen molar-refractivity contribution in [3.8, 4) is 0 Å². The van der Waals surface area contributed by atoms with E-state index in [0.29, 0.717) is 12.0 Å². The SMILES string of the molecule is CC(C)NCC1CCCOC1c1ccccc1Br. The van der Waals surface area contributed by atoms with Crippen LogP contribution in [0.1, 0.15) is 38.4 Å². The Morgan fingerprint density at radius 2 is 2.17 bits per heavy atom. The quantitative estimate of drug-likeness (QED) is 0.910. The Morgan fingerprint density at radius 3 is 2.89 bits per heavy atom. The van der Waals surface area contributed by atoms with Crippen LogP contribution in [0.2, 0.25) is 0 Å². The fourth-order valence-electron chi connectivity index (χ4n) is 2.49. The van der Waals surface area contributed by atoms with E-state index in [1.165, 1.54) is 18.4 Å². The molecule has 0 aromatic heterocycles. The van der Waals surface area contributed by atoms with E-state index in [4.69, 9.17) is 4.74 Å². The van der Waals surface area contributed by atoms with Gasteiger partial charge in [0.05, 0.1) is 6.10 Å². The minimum absolute atomic E-state index is 0.223. The van der Waals surface area contributed by atoms with E-state index < -0.39 is 0 Å². The lowest BCUT2D eigenvalue weighted by Gasteiger charge is -2.33. The molecule has 1 heterocycles. The zero-order valence-corrected chi connectivity index (χ0v) is 12.7. The average Bonchev–Trinajstić information content (AvgIpc) is 2.37. The molecule has 0 spiro atoms. The van der Waals surface area contributed by atoms with Crippen LogP contribution in [0.4, 0.5) is 0 Å². The van der Waals surface area contributed by atoms with Crippen molar-refractivity contribution in [3.63, 3.8) is 0 Å². The molecule has 2 atom stereocenters. The largest absolute Gasteiger partial charge is 0.373 e. The first-order valence-corrected chi connectivity index (χ1v) is 7.57. The molecule has 1 saturated heterocycles. The van der Waals surface area contributed by atoms with E-state index in [-0.39, 0.29) is 6.10 Å². The highest BCUT2D eigenvalue weighted by molar-refractivity contribution is 9.10. The number of ether oxygens (including phenoxy) is 1. The summed E-state index contributed by atoms with van der Waals surface area (Å²) in [5.74, 6) is 0.569. The topological polar surface area (TPSA) is 21.3 Å². The maximum absolute atomic E-state index is 6.02. The van der Waals surface area contributed by atoms with Gasteiger partial charge in [-0.25, -0.2) is 0 Å². The molecule has 0 saturated carbocycles. The van der Waals surface area contributed by atoms with Gasteiger partial charge < -0.3 is 10.1 Å². The molecule has 0 bridgehead atoms. The zero-order valence-electron chi connectivity index (χ0n) is 11.2. The minimum Gasteiger partial charge on any atom is -0.373 e. The van der Waals surface area contributed by atoms with Crippen LogP contribution in [0.5, 0.6) is 0 Å². The van der Waals surface area contributed by atoms with E-state index in [0.717, 1.165) is 17.6 Å². The lowest BCUT2D eigenvalue weighted by Crippen LogP contribution is -2.35. The monoisotopic (exact) mass is 311 g/mol. The van der Waals surface area contributed by atoms with Crippen LogP contribution < -0.4 is 5.32 Å². The highest BCUT2D eigenvalue weighted by Crippen LogP contribution is 2.36. The summed E-state index contributed by atoms with van der Waals surface area (Å²) in [5.41, 5.74) is 1.28. The average molecular weight is 312 g/mol. The summed E-state index contributed by atoms with van der Waals surface area (Å²) in [4.78, 5) is 0. The molecule has 1 fully saturated rings. The van der Waals surface area contributed by atoms with Crippen LogP contribution in [0.15, 0.2) is 28.7 Å². The van der Waals surface area contributed by atoms with Crippen molar-refractivity contribution in [2.45, 2.75) is 38.8 Å². The Labute approximate surface area is 118 Å². The number of hydrogen-bond donors (Lipinski definition) is 1. The fourth-order valence-corrected chi connectivity index (χ4v) is 3.00. The lowest BCUT2D eigenvalue weighted by molar-refractivity contribution is -0.0286. The number of hydrogen-bond acceptors (Lipinski definition) is 2. The van der Waals surface area contributed by atoms with Gasteiger partial charge in [-0.15, -0.1) is 0 Å². The highest BCUT2D eigenvalue weighted by atomic mass is 79.9. The van der Waals surface area contributed by atoms with Crippen molar-refractivity contribution < 1.29 is 4.74 Å². The molecule has 2 rings (SSSR count). The molecule has 1 aliphatic heterocycles. The Hall–Kier alpha value is -0.380. The Morgan fingerprint density at radius 1 is 1.39 bits per heavy atom. The van der Waals surface area contributed by atoms with Gasteiger partial charge in [0, 0.05) is 29.6 Å². The molecular formula is C15H22BrNO. The molecule has 3 heteroatoms. The van der Waals surface area contributed by atoms with Crippen LogP contribution in [0.25, 0.3) is 0 Å². The van der Waals surface area contributed by atoms with Crippen molar-refractivity contribution in [1.82, 2.24) is 5.32 Å². The van der Waals surface area contributed by atoms with Crippen molar-refractivity contribution in [1.29, 1.82) is 0 Å².